The van der Waals surface area contributed by atoms with Gasteiger partial charge in [0.2, 0.25) is 11.8 Å². The minimum absolute atomic E-state index is 0.0214. The first kappa shape index (κ1) is 19.2. The average Bonchev–Trinajstić information content (AvgIpc) is 3.55. The number of halogens is 1. The molecule has 2 atom stereocenters. The van der Waals surface area contributed by atoms with Gasteiger partial charge in [0.25, 0.3) is 0 Å². The van der Waals surface area contributed by atoms with Crippen molar-refractivity contribution in [2.24, 2.45) is 11.8 Å². The average molecular weight is 397 g/mol. The summed E-state index contributed by atoms with van der Waals surface area (Å²) in [6.45, 7) is 2.25. The lowest BCUT2D eigenvalue weighted by Gasteiger charge is -2.36. The van der Waals surface area contributed by atoms with E-state index in [-0.39, 0.29) is 29.5 Å². The zero-order chi connectivity index (χ0) is 20.4. The minimum atomic E-state index is -0.283. The third-order valence-corrected chi connectivity index (χ3v) is 5.59. The highest BCUT2D eigenvalue weighted by molar-refractivity contribution is 5.99. The van der Waals surface area contributed by atoms with Crippen molar-refractivity contribution < 1.29 is 18.7 Å². The first-order chi connectivity index (χ1) is 14.1. The molecule has 1 heterocycles. The van der Waals surface area contributed by atoms with Crippen molar-refractivity contribution in [2.45, 2.75) is 6.42 Å². The van der Waals surface area contributed by atoms with Crippen molar-refractivity contribution in [3.05, 3.63) is 54.3 Å². The van der Waals surface area contributed by atoms with Gasteiger partial charge in [0, 0.05) is 31.9 Å². The van der Waals surface area contributed by atoms with E-state index in [0.29, 0.717) is 44.0 Å². The molecule has 4 rings (SSSR count). The van der Waals surface area contributed by atoms with Gasteiger partial charge in [-0.2, -0.15) is 0 Å². The number of rotatable bonds is 5. The summed E-state index contributed by atoms with van der Waals surface area (Å²) in [4.78, 5) is 28.9. The number of piperazine rings is 1. The van der Waals surface area contributed by atoms with Crippen molar-refractivity contribution >= 4 is 23.2 Å². The van der Waals surface area contributed by atoms with Gasteiger partial charge in [-0.05, 0) is 42.8 Å². The zero-order valence-electron chi connectivity index (χ0n) is 16.3. The quantitative estimate of drug-likeness (QED) is 0.843. The van der Waals surface area contributed by atoms with Crippen molar-refractivity contribution in [2.75, 3.05) is 43.5 Å². The Morgan fingerprint density at radius 1 is 1.00 bits per heavy atom. The van der Waals surface area contributed by atoms with Gasteiger partial charge in [-0.3, -0.25) is 9.59 Å². The van der Waals surface area contributed by atoms with Crippen LogP contribution in [0.25, 0.3) is 0 Å². The number of carbonyl (C=O) groups excluding carboxylic acids is 2. The monoisotopic (exact) mass is 397 g/mol. The van der Waals surface area contributed by atoms with Gasteiger partial charge in [0.05, 0.1) is 24.6 Å². The second-order valence-corrected chi connectivity index (χ2v) is 7.43. The Kier molecular flexibility index (Phi) is 5.38. The largest absolute Gasteiger partial charge is 0.497 e. The Hall–Kier alpha value is -3.09. The molecule has 1 saturated carbocycles. The Labute approximate surface area is 169 Å². The molecule has 1 saturated heterocycles. The van der Waals surface area contributed by atoms with Crippen LogP contribution >= 0.6 is 0 Å². The molecule has 1 aliphatic heterocycles. The minimum Gasteiger partial charge on any atom is -0.497 e. The topological polar surface area (TPSA) is 61.9 Å². The number of amides is 2. The second kappa shape index (κ2) is 8.11. The van der Waals surface area contributed by atoms with Crippen molar-refractivity contribution in [3.8, 4) is 5.75 Å². The molecule has 0 aromatic heterocycles. The molecule has 6 nitrogen and oxygen atoms in total. The smallest absolute Gasteiger partial charge is 0.228 e. The number of nitrogens with one attached hydrogen (secondary N) is 1. The third kappa shape index (κ3) is 4.18. The fourth-order valence-electron chi connectivity index (χ4n) is 3.78. The molecule has 2 aromatic rings. The number of hydrogen-bond acceptors (Lipinski definition) is 4. The molecule has 2 amide bonds. The number of benzene rings is 2. The predicted octanol–water partition coefficient (Wildman–Crippen LogP) is 2.76. The summed E-state index contributed by atoms with van der Waals surface area (Å²) < 4.78 is 19.1. The molecule has 0 bridgehead atoms. The number of nitrogens with zero attached hydrogens (tertiary/aromatic N) is 2. The summed E-state index contributed by atoms with van der Waals surface area (Å²) in [5.41, 5.74) is 1.26. The fourth-order valence-corrected chi connectivity index (χ4v) is 3.78. The van der Waals surface area contributed by atoms with Crippen LogP contribution in [0.4, 0.5) is 15.8 Å². The molecule has 1 N–H and O–H groups in total. The van der Waals surface area contributed by atoms with E-state index >= 15 is 0 Å². The third-order valence-electron chi connectivity index (χ3n) is 5.59. The number of methoxy groups -OCH3 is 1. The molecule has 7 heteroatoms. The second-order valence-electron chi connectivity index (χ2n) is 7.43. The van der Waals surface area contributed by atoms with Crippen LogP contribution in [0, 0.1) is 17.7 Å². The molecule has 0 radical (unpaired) electrons. The predicted molar refractivity (Wildman–Crippen MR) is 108 cm³/mol. The maximum atomic E-state index is 14.0. The molecule has 2 aromatic carbocycles. The van der Waals surface area contributed by atoms with E-state index in [4.69, 9.17) is 4.74 Å². The zero-order valence-corrected chi connectivity index (χ0v) is 16.3. The van der Waals surface area contributed by atoms with Crippen molar-refractivity contribution in [1.82, 2.24) is 4.90 Å². The van der Waals surface area contributed by atoms with Gasteiger partial charge in [-0.15, -0.1) is 0 Å². The molecular formula is C22H24FN3O3. The molecular weight excluding hydrogens is 373 g/mol. The van der Waals surface area contributed by atoms with Crippen LogP contribution < -0.4 is 15.0 Å². The van der Waals surface area contributed by atoms with Crippen LogP contribution in [-0.4, -0.2) is 50.0 Å². The van der Waals surface area contributed by atoms with Gasteiger partial charge in [0.15, 0.2) is 0 Å². The highest BCUT2D eigenvalue weighted by Gasteiger charge is 2.49. The number of anilines is 2. The summed E-state index contributed by atoms with van der Waals surface area (Å²) in [7, 11) is 1.59. The van der Waals surface area contributed by atoms with E-state index < -0.39 is 0 Å². The first-order valence-electron chi connectivity index (χ1n) is 9.80. The van der Waals surface area contributed by atoms with Crippen LogP contribution in [0.1, 0.15) is 6.42 Å². The van der Waals surface area contributed by atoms with Crippen LogP contribution in [0.5, 0.6) is 5.75 Å². The normalized spacial score (nSPS) is 20.9. The maximum Gasteiger partial charge on any atom is 0.228 e. The highest BCUT2D eigenvalue weighted by Crippen LogP contribution is 2.41. The van der Waals surface area contributed by atoms with Crippen LogP contribution in [0.3, 0.4) is 0 Å². The Bertz CT molecular complexity index is 894. The molecule has 2 fully saturated rings. The van der Waals surface area contributed by atoms with Gasteiger partial charge < -0.3 is 19.9 Å². The first-order valence-corrected chi connectivity index (χ1v) is 9.80. The molecule has 2 unspecified atom stereocenters. The summed E-state index contributed by atoms with van der Waals surface area (Å²) in [5, 5.41) is 2.86. The highest BCUT2D eigenvalue weighted by atomic mass is 19.1. The van der Waals surface area contributed by atoms with Crippen molar-refractivity contribution in [1.29, 1.82) is 0 Å². The van der Waals surface area contributed by atoms with Gasteiger partial charge in [-0.1, -0.05) is 12.1 Å². The lowest BCUT2D eigenvalue weighted by molar-refractivity contribution is -0.134. The van der Waals surface area contributed by atoms with Crippen LogP contribution in [-0.2, 0) is 9.59 Å². The van der Waals surface area contributed by atoms with E-state index in [9.17, 15) is 14.0 Å². The molecule has 29 heavy (non-hydrogen) atoms. The van der Waals surface area contributed by atoms with Gasteiger partial charge in [-0.25, -0.2) is 4.39 Å². The molecule has 152 valence electrons. The van der Waals surface area contributed by atoms with Crippen molar-refractivity contribution in [3.63, 3.8) is 0 Å². The molecule has 2 aliphatic rings. The molecule has 0 spiro atoms. The summed E-state index contributed by atoms with van der Waals surface area (Å²) in [5.74, 6) is -0.171. The van der Waals surface area contributed by atoms with E-state index in [1.165, 1.54) is 6.07 Å². The lowest BCUT2D eigenvalue weighted by Crippen LogP contribution is -2.49. The maximum absolute atomic E-state index is 14.0. The summed E-state index contributed by atoms with van der Waals surface area (Å²) in [6.07, 6.45) is 0.578. The summed E-state index contributed by atoms with van der Waals surface area (Å²) >= 11 is 0. The Morgan fingerprint density at radius 3 is 2.34 bits per heavy atom. The number of para-hydroxylation sites is 1. The fraction of sp³-hybridized carbons (Fsp3) is 0.364. The summed E-state index contributed by atoms with van der Waals surface area (Å²) in [6, 6.07) is 13.8. The van der Waals surface area contributed by atoms with E-state index in [0.717, 1.165) is 5.75 Å². The lowest BCUT2D eigenvalue weighted by atomic mass is 10.2. The molecule has 1 aliphatic carbocycles. The SMILES string of the molecule is COc1ccc(NC(=O)C2CC2C(=O)N2CCN(c3ccccc3F)CC2)cc1. The Balaban J connectivity index is 1.28. The van der Waals surface area contributed by atoms with Gasteiger partial charge in [0.1, 0.15) is 11.6 Å². The van der Waals surface area contributed by atoms with Crippen LogP contribution in [0.15, 0.2) is 48.5 Å². The van der Waals surface area contributed by atoms with Gasteiger partial charge >= 0.3 is 0 Å². The number of hydrogen-bond donors (Lipinski definition) is 1. The Morgan fingerprint density at radius 2 is 1.69 bits per heavy atom. The van der Waals surface area contributed by atoms with E-state index in [1.807, 2.05) is 11.0 Å². The number of carbonyl (C=O) groups is 2. The van der Waals surface area contributed by atoms with E-state index in [1.54, 1.807) is 48.4 Å². The number of ether oxygens (including phenoxy) is 1. The standard InChI is InChI=1S/C22H24FN3O3/c1-29-16-8-6-15(7-9-16)24-21(27)17-14-18(17)22(28)26-12-10-25(11-13-26)20-5-3-2-4-19(20)23/h2-9,17-18H,10-14H2,1H3,(H,24,27). The van der Waals surface area contributed by atoms with E-state index in [2.05, 4.69) is 5.32 Å². The van der Waals surface area contributed by atoms with Crippen LogP contribution in [0.2, 0.25) is 0 Å².